The molecule has 3 rings (SSSR count). The predicted molar refractivity (Wildman–Crippen MR) is 89.1 cm³/mol. The van der Waals surface area contributed by atoms with E-state index < -0.39 is 0 Å². The van der Waals surface area contributed by atoms with E-state index in [1.807, 2.05) is 48.5 Å². The van der Waals surface area contributed by atoms with E-state index in [0.29, 0.717) is 13.2 Å². The van der Waals surface area contributed by atoms with Gasteiger partial charge in [0.05, 0.1) is 0 Å². The smallest absolute Gasteiger partial charge is 0.122 e. The molecule has 2 nitrogen and oxygen atoms in total. The third-order valence-electron chi connectivity index (χ3n) is 3.14. The first kappa shape index (κ1) is 14.0. The summed E-state index contributed by atoms with van der Waals surface area (Å²) in [6, 6.07) is 22.1. The summed E-state index contributed by atoms with van der Waals surface area (Å²) in [6.45, 7) is 1.05. The van der Waals surface area contributed by atoms with E-state index in [9.17, 15) is 0 Å². The fourth-order valence-electron chi connectivity index (χ4n) is 2.12. The minimum Gasteiger partial charge on any atom is -0.490 e. The van der Waals surface area contributed by atoms with Crippen LogP contribution in [0.5, 0.6) is 11.5 Å². The first-order valence-electron chi connectivity index (χ1n) is 6.81. The summed E-state index contributed by atoms with van der Waals surface area (Å²) in [7, 11) is 0. The molecule has 0 bridgehead atoms. The second-order valence-corrected chi connectivity index (χ2v) is 5.58. The first-order chi connectivity index (χ1) is 10.3. The van der Waals surface area contributed by atoms with Crippen LogP contribution in [0, 0.1) is 0 Å². The molecule has 0 aliphatic heterocycles. The fourth-order valence-corrected chi connectivity index (χ4v) is 2.50. The van der Waals surface area contributed by atoms with Crippen LogP contribution in [0.15, 0.2) is 71.2 Å². The van der Waals surface area contributed by atoms with Crippen molar-refractivity contribution in [3.8, 4) is 11.5 Å². The number of para-hydroxylation sites is 1. The molecule has 3 aromatic rings. The number of hydrogen-bond donors (Lipinski definition) is 0. The number of hydrogen-bond acceptors (Lipinski definition) is 2. The van der Waals surface area contributed by atoms with E-state index in [1.165, 1.54) is 10.8 Å². The SMILES string of the molecule is Brc1ccc2cc(OCCOc3ccccc3)ccc2c1. The molecule has 0 amide bonds. The maximum Gasteiger partial charge on any atom is 0.122 e. The van der Waals surface area contributed by atoms with Gasteiger partial charge in [-0.05, 0) is 47.2 Å². The molecule has 0 heterocycles. The molecule has 0 aliphatic carbocycles. The monoisotopic (exact) mass is 342 g/mol. The van der Waals surface area contributed by atoms with Crippen LogP contribution in [0.3, 0.4) is 0 Å². The van der Waals surface area contributed by atoms with Gasteiger partial charge in [-0.1, -0.05) is 46.3 Å². The molecule has 0 saturated heterocycles. The van der Waals surface area contributed by atoms with E-state index in [2.05, 4.69) is 34.1 Å². The van der Waals surface area contributed by atoms with Crippen LogP contribution in [-0.2, 0) is 0 Å². The lowest BCUT2D eigenvalue weighted by molar-refractivity contribution is 0.217. The van der Waals surface area contributed by atoms with Crippen LogP contribution in [0.1, 0.15) is 0 Å². The largest absolute Gasteiger partial charge is 0.490 e. The van der Waals surface area contributed by atoms with Crippen LogP contribution in [0.25, 0.3) is 10.8 Å². The minimum absolute atomic E-state index is 0.525. The van der Waals surface area contributed by atoms with Gasteiger partial charge in [-0.2, -0.15) is 0 Å². The zero-order valence-electron chi connectivity index (χ0n) is 11.5. The third kappa shape index (κ3) is 3.76. The van der Waals surface area contributed by atoms with E-state index in [4.69, 9.17) is 9.47 Å². The number of fused-ring (bicyclic) bond motifs is 1. The predicted octanol–water partition coefficient (Wildman–Crippen LogP) is 5.06. The maximum atomic E-state index is 5.73. The number of ether oxygens (including phenoxy) is 2. The average Bonchev–Trinajstić information content (AvgIpc) is 2.52. The summed E-state index contributed by atoms with van der Waals surface area (Å²) < 4.78 is 12.4. The van der Waals surface area contributed by atoms with Crippen LogP contribution in [0.4, 0.5) is 0 Å². The molecule has 0 fully saturated rings. The second-order valence-electron chi connectivity index (χ2n) is 4.66. The highest BCUT2D eigenvalue weighted by atomic mass is 79.9. The van der Waals surface area contributed by atoms with Gasteiger partial charge >= 0.3 is 0 Å². The van der Waals surface area contributed by atoms with Crippen molar-refractivity contribution in [1.82, 2.24) is 0 Å². The summed E-state index contributed by atoms with van der Waals surface area (Å²) in [4.78, 5) is 0. The van der Waals surface area contributed by atoms with Crippen molar-refractivity contribution in [2.24, 2.45) is 0 Å². The van der Waals surface area contributed by atoms with E-state index in [1.54, 1.807) is 0 Å². The van der Waals surface area contributed by atoms with Gasteiger partial charge < -0.3 is 9.47 Å². The van der Waals surface area contributed by atoms with Crippen molar-refractivity contribution in [2.75, 3.05) is 13.2 Å². The molecular weight excluding hydrogens is 328 g/mol. The van der Waals surface area contributed by atoms with Crippen molar-refractivity contribution in [3.05, 3.63) is 71.2 Å². The van der Waals surface area contributed by atoms with Crippen molar-refractivity contribution in [3.63, 3.8) is 0 Å². The Labute approximate surface area is 132 Å². The number of halogens is 1. The van der Waals surface area contributed by atoms with Gasteiger partial charge in [-0.25, -0.2) is 0 Å². The summed E-state index contributed by atoms with van der Waals surface area (Å²) in [5.74, 6) is 1.73. The lowest BCUT2D eigenvalue weighted by Crippen LogP contribution is -2.08. The Morgan fingerprint density at radius 3 is 2.14 bits per heavy atom. The Balaban J connectivity index is 1.57. The van der Waals surface area contributed by atoms with Gasteiger partial charge in [-0.3, -0.25) is 0 Å². The molecule has 0 aliphatic rings. The standard InChI is InChI=1S/C18H15BrO2/c19-16-8-6-15-13-18(9-7-14(15)12-16)21-11-10-20-17-4-2-1-3-5-17/h1-9,12-13H,10-11H2. The average molecular weight is 343 g/mol. The third-order valence-corrected chi connectivity index (χ3v) is 3.63. The van der Waals surface area contributed by atoms with Crippen LogP contribution in [-0.4, -0.2) is 13.2 Å². The lowest BCUT2D eigenvalue weighted by atomic mass is 10.1. The Morgan fingerprint density at radius 2 is 1.33 bits per heavy atom. The molecule has 0 N–H and O–H groups in total. The van der Waals surface area contributed by atoms with Gasteiger partial charge in [0.25, 0.3) is 0 Å². The first-order valence-corrected chi connectivity index (χ1v) is 7.60. The van der Waals surface area contributed by atoms with Crippen LogP contribution < -0.4 is 9.47 Å². The fraction of sp³-hybridized carbons (Fsp3) is 0.111. The lowest BCUT2D eigenvalue weighted by Gasteiger charge is -2.09. The highest BCUT2D eigenvalue weighted by Crippen LogP contribution is 2.24. The van der Waals surface area contributed by atoms with E-state index >= 15 is 0 Å². The van der Waals surface area contributed by atoms with Crippen LogP contribution in [0.2, 0.25) is 0 Å². The molecule has 0 spiro atoms. The molecule has 21 heavy (non-hydrogen) atoms. The van der Waals surface area contributed by atoms with Crippen molar-refractivity contribution >= 4 is 26.7 Å². The van der Waals surface area contributed by atoms with E-state index in [-0.39, 0.29) is 0 Å². The highest BCUT2D eigenvalue weighted by Gasteiger charge is 1.99. The molecule has 0 unspecified atom stereocenters. The molecule has 106 valence electrons. The normalized spacial score (nSPS) is 10.5. The highest BCUT2D eigenvalue weighted by molar-refractivity contribution is 9.10. The molecule has 0 atom stereocenters. The molecule has 0 aromatic heterocycles. The van der Waals surface area contributed by atoms with Crippen molar-refractivity contribution in [1.29, 1.82) is 0 Å². The summed E-state index contributed by atoms with van der Waals surface area (Å²) in [5.41, 5.74) is 0. The van der Waals surface area contributed by atoms with Gasteiger partial charge in [0.2, 0.25) is 0 Å². The van der Waals surface area contributed by atoms with Gasteiger partial charge in [0.1, 0.15) is 24.7 Å². The zero-order valence-corrected chi connectivity index (χ0v) is 13.0. The quantitative estimate of drug-likeness (QED) is 0.603. The Morgan fingerprint density at radius 1 is 0.667 bits per heavy atom. The second kappa shape index (κ2) is 6.64. The van der Waals surface area contributed by atoms with Crippen molar-refractivity contribution in [2.45, 2.75) is 0 Å². The number of rotatable bonds is 5. The minimum atomic E-state index is 0.525. The molecular formula is C18H15BrO2. The van der Waals surface area contributed by atoms with Gasteiger partial charge in [0, 0.05) is 4.47 Å². The Bertz CT molecular complexity index is 726. The number of benzene rings is 3. The van der Waals surface area contributed by atoms with Crippen LogP contribution >= 0.6 is 15.9 Å². The van der Waals surface area contributed by atoms with Crippen molar-refractivity contribution < 1.29 is 9.47 Å². The van der Waals surface area contributed by atoms with Gasteiger partial charge in [0.15, 0.2) is 0 Å². The molecule has 0 saturated carbocycles. The Kier molecular flexibility index (Phi) is 4.41. The molecule has 3 heteroatoms. The molecule has 3 aromatic carbocycles. The summed E-state index contributed by atoms with van der Waals surface area (Å²) in [6.07, 6.45) is 0. The summed E-state index contributed by atoms with van der Waals surface area (Å²) in [5, 5.41) is 2.36. The van der Waals surface area contributed by atoms with E-state index in [0.717, 1.165) is 16.0 Å². The maximum absolute atomic E-state index is 5.73. The zero-order chi connectivity index (χ0) is 14.5. The summed E-state index contributed by atoms with van der Waals surface area (Å²) >= 11 is 3.48. The van der Waals surface area contributed by atoms with Gasteiger partial charge in [-0.15, -0.1) is 0 Å². The Hall–Kier alpha value is -2.00. The molecule has 0 radical (unpaired) electrons. The topological polar surface area (TPSA) is 18.5 Å².